The number of carbonyl (C=O) groups is 1. The fraction of sp³-hybridized carbons (Fsp3) is 0.273. The molecule has 78 valence electrons. The third kappa shape index (κ3) is 2.26. The van der Waals surface area contributed by atoms with Gasteiger partial charge in [-0.2, -0.15) is 0 Å². The SMILES string of the molecule is O=C(CBr)C1=NOC(c2ccccc2)C1. The Bertz CT molecular complexity index is 389. The first-order valence-electron chi connectivity index (χ1n) is 4.68. The Balaban J connectivity index is 2.05. The number of Topliss-reactive ketones (excluding diaryl/α,β-unsaturated/α-hetero) is 1. The van der Waals surface area contributed by atoms with Crippen LogP contribution in [0.5, 0.6) is 0 Å². The maximum absolute atomic E-state index is 11.3. The van der Waals surface area contributed by atoms with E-state index in [-0.39, 0.29) is 11.9 Å². The third-order valence-electron chi connectivity index (χ3n) is 2.28. The van der Waals surface area contributed by atoms with Gasteiger partial charge in [-0.1, -0.05) is 51.4 Å². The molecule has 4 heteroatoms. The molecule has 0 saturated heterocycles. The molecule has 1 aromatic rings. The van der Waals surface area contributed by atoms with Gasteiger partial charge in [-0.25, -0.2) is 0 Å². The molecule has 0 radical (unpaired) electrons. The molecule has 2 rings (SSSR count). The molecule has 0 fully saturated rings. The van der Waals surface area contributed by atoms with Crippen molar-refractivity contribution >= 4 is 27.4 Å². The fourth-order valence-corrected chi connectivity index (χ4v) is 1.79. The molecule has 3 nitrogen and oxygen atoms in total. The summed E-state index contributed by atoms with van der Waals surface area (Å²) >= 11 is 3.12. The molecule has 1 heterocycles. The predicted molar refractivity (Wildman–Crippen MR) is 61.1 cm³/mol. The molecule has 1 aromatic carbocycles. The van der Waals surface area contributed by atoms with Gasteiger partial charge in [0.25, 0.3) is 0 Å². The van der Waals surface area contributed by atoms with Gasteiger partial charge in [0.15, 0.2) is 11.9 Å². The highest BCUT2D eigenvalue weighted by Gasteiger charge is 2.26. The minimum absolute atomic E-state index is 0.00608. The van der Waals surface area contributed by atoms with Gasteiger partial charge in [0.1, 0.15) is 5.71 Å². The van der Waals surface area contributed by atoms with Crippen LogP contribution in [0.3, 0.4) is 0 Å². The molecular weight excluding hydrogens is 258 g/mol. The van der Waals surface area contributed by atoms with Crippen LogP contribution in [-0.2, 0) is 9.63 Å². The number of halogens is 1. The van der Waals surface area contributed by atoms with Crippen LogP contribution < -0.4 is 0 Å². The monoisotopic (exact) mass is 267 g/mol. The first-order valence-corrected chi connectivity index (χ1v) is 5.80. The Kier molecular flexibility index (Phi) is 3.16. The third-order valence-corrected chi connectivity index (χ3v) is 2.79. The zero-order valence-corrected chi connectivity index (χ0v) is 9.61. The van der Waals surface area contributed by atoms with Gasteiger partial charge < -0.3 is 4.84 Å². The molecule has 0 aromatic heterocycles. The molecule has 0 bridgehead atoms. The van der Waals surface area contributed by atoms with E-state index in [1.807, 2.05) is 30.3 Å². The number of ketones is 1. The van der Waals surface area contributed by atoms with E-state index in [1.54, 1.807) is 0 Å². The largest absolute Gasteiger partial charge is 0.387 e. The quantitative estimate of drug-likeness (QED) is 0.790. The van der Waals surface area contributed by atoms with Gasteiger partial charge in [0.2, 0.25) is 0 Å². The van der Waals surface area contributed by atoms with Crippen LogP contribution in [0.25, 0.3) is 0 Å². The predicted octanol–water partition coefficient (Wildman–Crippen LogP) is 2.47. The van der Waals surface area contributed by atoms with E-state index in [9.17, 15) is 4.79 Å². The average Bonchev–Trinajstić information content (AvgIpc) is 2.78. The Labute approximate surface area is 96.2 Å². The highest BCUT2D eigenvalue weighted by molar-refractivity contribution is 9.09. The number of oxime groups is 1. The Morgan fingerprint density at radius 3 is 2.87 bits per heavy atom. The topological polar surface area (TPSA) is 38.7 Å². The number of alkyl halides is 1. The van der Waals surface area contributed by atoms with Crippen LogP contribution in [0.15, 0.2) is 35.5 Å². The van der Waals surface area contributed by atoms with E-state index < -0.39 is 0 Å². The molecule has 0 N–H and O–H groups in total. The van der Waals surface area contributed by atoms with Gasteiger partial charge in [0.05, 0.1) is 5.33 Å². The highest BCUT2D eigenvalue weighted by atomic mass is 79.9. The van der Waals surface area contributed by atoms with Crippen LogP contribution in [0.1, 0.15) is 18.1 Å². The van der Waals surface area contributed by atoms with Gasteiger partial charge in [0, 0.05) is 6.42 Å². The van der Waals surface area contributed by atoms with E-state index >= 15 is 0 Å². The van der Waals surface area contributed by atoms with Crippen molar-refractivity contribution in [2.24, 2.45) is 5.16 Å². The first kappa shape index (κ1) is 10.4. The molecule has 1 unspecified atom stereocenters. The summed E-state index contributed by atoms with van der Waals surface area (Å²) in [5.41, 5.74) is 1.57. The highest BCUT2D eigenvalue weighted by Crippen LogP contribution is 2.27. The normalized spacial score (nSPS) is 19.5. The minimum Gasteiger partial charge on any atom is -0.387 e. The van der Waals surface area contributed by atoms with Gasteiger partial charge in [-0.15, -0.1) is 0 Å². The lowest BCUT2D eigenvalue weighted by Gasteiger charge is -2.06. The van der Waals surface area contributed by atoms with Crippen molar-refractivity contribution in [3.63, 3.8) is 0 Å². The van der Waals surface area contributed by atoms with Crippen LogP contribution in [0, 0.1) is 0 Å². The number of benzene rings is 1. The first-order chi connectivity index (χ1) is 7.31. The Hall–Kier alpha value is -1.16. The molecular formula is C11H10BrNO2. The van der Waals surface area contributed by atoms with E-state index in [2.05, 4.69) is 21.1 Å². The second-order valence-corrected chi connectivity index (χ2v) is 3.86. The molecule has 0 spiro atoms. The summed E-state index contributed by atoms with van der Waals surface area (Å²) in [5.74, 6) is -0.00608. The maximum atomic E-state index is 11.3. The van der Waals surface area contributed by atoms with Crippen LogP contribution in [-0.4, -0.2) is 16.8 Å². The molecule has 1 aliphatic heterocycles. The number of carbonyl (C=O) groups excluding carboxylic acids is 1. The summed E-state index contributed by atoms with van der Waals surface area (Å²) in [6.45, 7) is 0. The van der Waals surface area contributed by atoms with Crippen molar-refractivity contribution in [1.29, 1.82) is 0 Å². The zero-order chi connectivity index (χ0) is 10.7. The van der Waals surface area contributed by atoms with Crippen LogP contribution >= 0.6 is 15.9 Å². The summed E-state index contributed by atoms with van der Waals surface area (Å²) in [4.78, 5) is 16.6. The number of hydrogen-bond acceptors (Lipinski definition) is 3. The molecule has 0 aliphatic carbocycles. The van der Waals surface area contributed by atoms with E-state index in [0.29, 0.717) is 17.5 Å². The fourth-order valence-electron chi connectivity index (χ4n) is 1.47. The van der Waals surface area contributed by atoms with E-state index in [0.717, 1.165) is 5.56 Å². The number of hydrogen-bond donors (Lipinski definition) is 0. The summed E-state index contributed by atoms with van der Waals surface area (Å²) < 4.78 is 0. The zero-order valence-electron chi connectivity index (χ0n) is 8.02. The van der Waals surface area contributed by atoms with Gasteiger partial charge in [-0.3, -0.25) is 4.79 Å². The second-order valence-electron chi connectivity index (χ2n) is 3.30. The Morgan fingerprint density at radius 2 is 2.20 bits per heavy atom. The number of rotatable bonds is 3. The van der Waals surface area contributed by atoms with Crippen molar-refractivity contribution in [1.82, 2.24) is 0 Å². The van der Waals surface area contributed by atoms with Crippen molar-refractivity contribution in [2.45, 2.75) is 12.5 Å². The minimum atomic E-state index is -0.107. The van der Waals surface area contributed by atoms with Crippen molar-refractivity contribution in [3.05, 3.63) is 35.9 Å². The Morgan fingerprint density at radius 1 is 1.47 bits per heavy atom. The summed E-state index contributed by atoms with van der Waals surface area (Å²) in [6.07, 6.45) is 0.457. The molecule has 0 saturated carbocycles. The van der Waals surface area contributed by atoms with Crippen LogP contribution in [0.4, 0.5) is 0 Å². The van der Waals surface area contributed by atoms with Crippen LogP contribution in [0.2, 0.25) is 0 Å². The lowest BCUT2D eigenvalue weighted by Crippen LogP contribution is -2.13. The maximum Gasteiger partial charge on any atom is 0.191 e. The average molecular weight is 268 g/mol. The number of nitrogens with zero attached hydrogens (tertiary/aromatic N) is 1. The standard InChI is InChI=1S/C11H10BrNO2/c12-7-10(14)9-6-11(15-13-9)8-4-2-1-3-5-8/h1-5,11H,6-7H2. The van der Waals surface area contributed by atoms with E-state index in [4.69, 9.17) is 4.84 Å². The van der Waals surface area contributed by atoms with Crippen molar-refractivity contribution in [2.75, 3.05) is 5.33 Å². The van der Waals surface area contributed by atoms with Gasteiger partial charge >= 0.3 is 0 Å². The smallest absolute Gasteiger partial charge is 0.191 e. The molecule has 1 atom stereocenters. The second kappa shape index (κ2) is 4.57. The van der Waals surface area contributed by atoms with Gasteiger partial charge in [-0.05, 0) is 5.56 Å². The van der Waals surface area contributed by atoms with Crippen molar-refractivity contribution in [3.8, 4) is 0 Å². The molecule has 1 aliphatic rings. The van der Waals surface area contributed by atoms with Crippen molar-refractivity contribution < 1.29 is 9.63 Å². The summed E-state index contributed by atoms with van der Waals surface area (Å²) in [7, 11) is 0. The molecule has 0 amide bonds. The summed E-state index contributed by atoms with van der Waals surface area (Å²) in [5, 5.41) is 4.10. The molecule has 15 heavy (non-hydrogen) atoms. The lowest BCUT2D eigenvalue weighted by atomic mass is 10.0. The van der Waals surface area contributed by atoms with E-state index in [1.165, 1.54) is 0 Å². The lowest BCUT2D eigenvalue weighted by molar-refractivity contribution is -0.110. The summed E-state index contributed by atoms with van der Waals surface area (Å²) in [6, 6.07) is 9.79.